The minimum absolute atomic E-state index is 0.0153. The van der Waals surface area contributed by atoms with E-state index in [1.54, 1.807) is 7.05 Å². The van der Waals surface area contributed by atoms with Crippen LogP contribution in [0.15, 0.2) is 47.5 Å². The lowest BCUT2D eigenvalue weighted by Crippen LogP contribution is -2.49. The van der Waals surface area contributed by atoms with Crippen LogP contribution < -0.4 is 16.2 Å². The molecule has 0 saturated carbocycles. The first-order valence-corrected chi connectivity index (χ1v) is 7.60. The fraction of sp³-hybridized carbons (Fsp3) is 0.353. The van der Waals surface area contributed by atoms with Gasteiger partial charge in [-0.1, -0.05) is 30.3 Å². The number of ether oxygens (including phenoxy) is 1. The molecule has 0 saturated heterocycles. The van der Waals surface area contributed by atoms with Gasteiger partial charge in [-0.2, -0.15) is 0 Å². The van der Waals surface area contributed by atoms with Gasteiger partial charge in [0.05, 0.1) is 18.8 Å². The Morgan fingerprint density at radius 3 is 2.71 bits per heavy atom. The summed E-state index contributed by atoms with van der Waals surface area (Å²) in [6.07, 6.45) is 2.97. The Morgan fingerprint density at radius 2 is 2.00 bits per heavy atom. The first kappa shape index (κ1) is 17.7. The number of benzene rings is 1. The second kappa shape index (κ2) is 7.74. The second-order valence-electron chi connectivity index (χ2n) is 6.13. The molecule has 0 unspecified atom stereocenters. The van der Waals surface area contributed by atoms with E-state index in [4.69, 9.17) is 4.74 Å². The predicted octanol–water partition coefficient (Wildman–Crippen LogP) is 1.90. The zero-order valence-electron chi connectivity index (χ0n) is 14.1. The van der Waals surface area contributed by atoms with Crippen molar-refractivity contribution in [2.24, 2.45) is 7.05 Å². The predicted molar refractivity (Wildman–Crippen MR) is 91.8 cm³/mol. The molecule has 0 bridgehead atoms. The van der Waals surface area contributed by atoms with Crippen LogP contribution in [0.25, 0.3) is 0 Å². The van der Waals surface area contributed by atoms with E-state index in [-0.39, 0.29) is 11.4 Å². The van der Waals surface area contributed by atoms with Crippen molar-refractivity contribution in [3.63, 3.8) is 0 Å². The SMILES string of the molecule is Cn1ccnc(NC(=O)NC(C)(C)COCc2ccccc2)c1=O. The van der Waals surface area contributed by atoms with Gasteiger partial charge in [-0.3, -0.25) is 10.1 Å². The first-order valence-electron chi connectivity index (χ1n) is 7.60. The third kappa shape index (κ3) is 5.20. The van der Waals surface area contributed by atoms with E-state index in [9.17, 15) is 9.59 Å². The number of aromatic nitrogens is 2. The van der Waals surface area contributed by atoms with Gasteiger partial charge in [0.1, 0.15) is 0 Å². The molecule has 2 N–H and O–H groups in total. The van der Waals surface area contributed by atoms with Crippen molar-refractivity contribution in [1.29, 1.82) is 0 Å². The van der Waals surface area contributed by atoms with Crippen molar-refractivity contribution in [3.05, 3.63) is 58.6 Å². The number of rotatable bonds is 6. The van der Waals surface area contributed by atoms with Crippen LogP contribution >= 0.6 is 0 Å². The smallest absolute Gasteiger partial charge is 0.321 e. The molecule has 2 amide bonds. The maximum atomic E-state index is 12.1. The number of nitrogens with zero attached hydrogens (tertiary/aromatic N) is 2. The van der Waals surface area contributed by atoms with E-state index in [0.717, 1.165) is 5.56 Å². The topological polar surface area (TPSA) is 85.2 Å². The van der Waals surface area contributed by atoms with Gasteiger partial charge < -0.3 is 14.6 Å². The Morgan fingerprint density at radius 1 is 1.29 bits per heavy atom. The summed E-state index contributed by atoms with van der Waals surface area (Å²) in [6.45, 7) is 4.48. The maximum absolute atomic E-state index is 12.1. The zero-order valence-corrected chi connectivity index (χ0v) is 14.1. The van der Waals surface area contributed by atoms with Crippen molar-refractivity contribution < 1.29 is 9.53 Å². The lowest BCUT2D eigenvalue weighted by Gasteiger charge is -2.26. The number of carbonyl (C=O) groups excluding carboxylic acids is 1. The normalized spacial score (nSPS) is 11.1. The van der Waals surface area contributed by atoms with Crippen molar-refractivity contribution in [3.8, 4) is 0 Å². The van der Waals surface area contributed by atoms with Gasteiger partial charge in [-0.25, -0.2) is 9.78 Å². The average Bonchev–Trinajstić information content (AvgIpc) is 2.52. The fourth-order valence-electron chi connectivity index (χ4n) is 2.06. The summed E-state index contributed by atoms with van der Waals surface area (Å²) >= 11 is 0. The minimum atomic E-state index is -0.598. The summed E-state index contributed by atoms with van der Waals surface area (Å²) in [6, 6.07) is 9.29. The number of hydrogen-bond donors (Lipinski definition) is 2. The molecule has 0 spiro atoms. The van der Waals surface area contributed by atoms with Crippen molar-refractivity contribution >= 4 is 11.8 Å². The van der Waals surface area contributed by atoms with Crippen molar-refractivity contribution in [2.75, 3.05) is 11.9 Å². The zero-order chi connectivity index (χ0) is 17.6. The molecule has 1 heterocycles. The van der Waals surface area contributed by atoms with Crippen LogP contribution in [0.4, 0.5) is 10.6 Å². The Bertz CT molecular complexity index is 741. The van der Waals surface area contributed by atoms with E-state index >= 15 is 0 Å². The highest BCUT2D eigenvalue weighted by molar-refractivity contribution is 5.88. The van der Waals surface area contributed by atoms with Crippen LogP contribution in [0.2, 0.25) is 0 Å². The summed E-state index contributed by atoms with van der Waals surface area (Å²) in [5.74, 6) is -0.0153. The van der Waals surface area contributed by atoms with Gasteiger partial charge in [0.25, 0.3) is 5.56 Å². The van der Waals surface area contributed by atoms with Crippen LogP contribution in [0.5, 0.6) is 0 Å². The molecular formula is C17H22N4O3. The Hall–Kier alpha value is -2.67. The number of anilines is 1. The molecule has 1 aromatic carbocycles. The number of carbonyl (C=O) groups is 1. The van der Waals surface area contributed by atoms with Gasteiger partial charge in [-0.05, 0) is 19.4 Å². The summed E-state index contributed by atoms with van der Waals surface area (Å²) in [7, 11) is 1.59. The minimum Gasteiger partial charge on any atom is -0.374 e. The van der Waals surface area contributed by atoms with E-state index < -0.39 is 11.6 Å². The molecule has 1 aromatic heterocycles. The van der Waals surface area contributed by atoms with Gasteiger partial charge >= 0.3 is 6.03 Å². The molecule has 7 heteroatoms. The average molecular weight is 330 g/mol. The molecule has 7 nitrogen and oxygen atoms in total. The van der Waals surface area contributed by atoms with Crippen LogP contribution in [0.3, 0.4) is 0 Å². The molecule has 2 rings (SSSR count). The number of aryl methyl sites for hydroxylation is 1. The molecule has 0 aliphatic carbocycles. The van der Waals surface area contributed by atoms with Gasteiger partial charge in [0.2, 0.25) is 5.82 Å². The highest BCUT2D eigenvalue weighted by Crippen LogP contribution is 2.07. The van der Waals surface area contributed by atoms with Gasteiger partial charge in [0.15, 0.2) is 0 Å². The monoisotopic (exact) mass is 330 g/mol. The molecule has 0 radical (unpaired) electrons. The second-order valence-corrected chi connectivity index (χ2v) is 6.13. The van der Waals surface area contributed by atoms with Gasteiger partial charge in [-0.15, -0.1) is 0 Å². The van der Waals surface area contributed by atoms with Crippen LogP contribution in [0.1, 0.15) is 19.4 Å². The molecule has 0 aliphatic heterocycles. The Balaban J connectivity index is 1.85. The summed E-state index contributed by atoms with van der Waals surface area (Å²) in [5.41, 5.74) is 0.0966. The summed E-state index contributed by atoms with van der Waals surface area (Å²) < 4.78 is 7.00. The third-order valence-corrected chi connectivity index (χ3v) is 3.28. The van der Waals surface area contributed by atoms with E-state index in [1.165, 1.54) is 17.0 Å². The van der Waals surface area contributed by atoms with E-state index in [1.807, 2.05) is 44.2 Å². The van der Waals surface area contributed by atoms with Crippen LogP contribution in [-0.2, 0) is 18.4 Å². The fourth-order valence-corrected chi connectivity index (χ4v) is 2.06. The number of amides is 2. The number of hydrogen-bond acceptors (Lipinski definition) is 4. The quantitative estimate of drug-likeness (QED) is 0.847. The molecular weight excluding hydrogens is 308 g/mol. The largest absolute Gasteiger partial charge is 0.374 e. The highest BCUT2D eigenvalue weighted by Gasteiger charge is 2.21. The van der Waals surface area contributed by atoms with Crippen LogP contribution in [-0.4, -0.2) is 27.7 Å². The molecule has 24 heavy (non-hydrogen) atoms. The first-order chi connectivity index (χ1) is 11.4. The Labute approximate surface area is 140 Å². The molecule has 128 valence electrons. The van der Waals surface area contributed by atoms with Crippen molar-refractivity contribution in [2.45, 2.75) is 26.0 Å². The van der Waals surface area contributed by atoms with E-state index in [0.29, 0.717) is 13.2 Å². The van der Waals surface area contributed by atoms with E-state index in [2.05, 4.69) is 15.6 Å². The summed E-state index contributed by atoms with van der Waals surface area (Å²) in [5, 5.41) is 5.24. The molecule has 0 fully saturated rings. The van der Waals surface area contributed by atoms with Gasteiger partial charge in [0, 0.05) is 19.4 Å². The van der Waals surface area contributed by atoms with Crippen molar-refractivity contribution in [1.82, 2.24) is 14.9 Å². The molecule has 0 aliphatic rings. The molecule has 0 atom stereocenters. The summed E-state index contributed by atoms with van der Waals surface area (Å²) in [4.78, 5) is 27.8. The number of nitrogens with one attached hydrogen (secondary N) is 2. The lowest BCUT2D eigenvalue weighted by molar-refractivity contribution is 0.0752. The lowest BCUT2D eigenvalue weighted by atomic mass is 10.1. The maximum Gasteiger partial charge on any atom is 0.321 e. The Kier molecular flexibility index (Phi) is 5.70. The standard InChI is InChI=1S/C17H22N4O3/c1-17(2,12-24-11-13-7-5-4-6-8-13)20-16(23)19-14-15(22)21(3)10-9-18-14/h4-10H,11-12H2,1-3H3,(H2,18,19,20,23). The highest BCUT2D eigenvalue weighted by atomic mass is 16.5. The molecule has 2 aromatic rings. The third-order valence-electron chi connectivity index (χ3n) is 3.28. The van der Waals surface area contributed by atoms with Crippen LogP contribution in [0, 0.1) is 0 Å². The number of urea groups is 1.